The van der Waals surface area contributed by atoms with Crippen molar-refractivity contribution in [1.82, 2.24) is 0 Å². The van der Waals surface area contributed by atoms with Crippen LogP contribution in [0.4, 0.5) is 8.78 Å². The van der Waals surface area contributed by atoms with Crippen LogP contribution in [0.5, 0.6) is 5.75 Å². The van der Waals surface area contributed by atoms with Crippen LogP contribution >= 0.6 is 0 Å². The van der Waals surface area contributed by atoms with E-state index in [0.29, 0.717) is 0 Å². The fraction of sp³-hybridized carbons (Fsp3) is 0.273. The molecular formula is C11H10F2O4. The van der Waals surface area contributed by atoms with Crippen LogP contribution in [0, 0.1) is 0 Å². The first-order valence-electron chi connectivity index (χ1n) is 4.81. The molecule has 0 bridgehead atoms. The van der Waals surface area contributed by atoms with Gasteiger partial charge in [-0.1, -0.05) is 6.92 Å². The van der Waals surface area contributed by atoms with Gasteiger partial charge < -0.3 is 9.84 Å². The Balaban J connectivity index is 3.17. The van der Waals surface area contributed by atoms with Gasteiger partial charge in [-0.2, -0.15) is 8.78 Å². The molecule has 0 radical (unpaired) electrons. The van der Waals surface area contributed by atoms with Gasteiger partial charge in [0.05, 0.1) is 0 Å². The summed E-state index contributed by atoms with van der Waals surface area (Å²) in [6.07, 6.45) is 0.202. The second kappa shape index (κ2) is 5.38. The molecule has 0 heterocycles. The Hall–Kier alpha value is -1.98. The summed E-state index contributed by atoms with van der Waals surface area (Å²) in [5.74, 6) is -2.15. The highest BCUT2D eigenvalue weighted by molar-refractivity contribution is 5.99. The molecule has 0 fully saturated rings. The van der Waals surface area contributed by atoms with Gasteiger partial charge in [-0.3, -0.25) is 4.79 Å². The molecule has 0 aromatic heterocycles. The SMILES string of the molecule is CCC(=O)c1ccc(OC(F)F)c(C(=O)O)c1. The molecule has 0 saturated heterocycles. The minimum atomic E-state index is -3.11. The molecule has 1 rings (SSSR count). The van der Waals surface area contributed by atoms with Crippen molar-refractivity contribution < 1.29 is 28.2 Å². The first-order chi connectivity index (χ1) is 7.95. The van der Waals surface area contributed by atoms with Gasteiger partial charge in [0.25, 0.3) is 0 Å². The van der Waals surface area contributed by atoms with Crippen molar-refractivity contribution >= 4 is 11.8 Å². The molecule has 0 aliphatic heterocycles. The van der Waals surface area contributed by atoms with Crippen molar-refractivity contribution in [3.05, 3.63) is 29.3 Å². The predicted octanol–water partition coefficient (Wildman–Crippen LogP) is 2.58. The third-order valence-corrected chi connectivity index (χ3v) is 2.07. The number of carbonyl (C=O) groups excluding carboxylic acids is 1. The number of hydrogen-bond donors (Lipinski definition) is 1. The lowest BCUT2D eigenvalue weighted by Crippen LogP contribution is -2.09. The number of aromatic carboxylic acids is 1. The lowest BCUT2D eigenvalue weighted by atomic mass is 10.0. The van der Waals surface area contributed by atoms with E-state index in [2.05, 4.69) is 4.74 Å². The third-order valence-electron chi connectivity index (χ3n) is 2.07. The first kappa shape index (κ1) is 13.1. The number of rotatable bonds is 5. The fourth-order valence-electron chi connectivity index (χ4n) is 1.27. The van der Waals surface area contributed by atoms with Crippen molar-refractivity contribution in [3.8, 4) is 5.75 Å². The van der Waals surface area contributed by atoms with Crippen molar-refractivity contribution in [2.45, 2.75) is 20.0 Å². The number of ether oxygens (including phenoxy) is 1. The summed E-state index contributed by atoms with van der Waals surface area (Å²) in [6, 6.07) is 3.35. The van der Waals surface area contributed by atoms with Crippen LogP contribution < -0.4 is 4.74 Å². The number of carbonyl (C=O) groups is 2. The van der Waals surface area contributed by atoms with Gasteiger partial charge >= 0.3 is 12.6 Å². The molecule has 1 aromatic carbocycles. The molecule has 0 aliphatic carbocycles. The van der Waals surface area contributed by atoms with Crippen LogP contribution in [-0.4, -0.2) is 23.5 Å². The molecule has 1 N–H and O–H groups in total. The van der Waals surface area contributed by atoms with Crippen LogP contribution in [0.15, 0.2) is 18.2 Å². The topological polar surface area (TPSA) is 63.6 Å². The van der Waals surface area contributed by atoms with Crippen molar-refractivity contribution in [2.24, 2.45) is 0 Å². The summed E-state index contributed by atoms with van der Waals surface area (Å²) in [7, 11) is 0. The van der Waals surface area contributed by atoms with E-state index < -0.39 is 23.9 Å². The maximum absolute atomic E-state index is 12.0. The van der Waals surface area contributed by atoms with E-state index in [0.717, 1.165) is 12.1 Å². The van der Waals surface area contributed by atoms with Crippen LogP contribution in [0.25, 0.3) is 0 Å². The monoisotopic (exact) mass is 244 g/mol. The van der Waals surface area contributed by atoms with E-state index >= 15 is 0 Å². The van der Waals surface area contributed by atoms with E-state index in [1.54, 1.807) is 6.92 Å². The maximum atomic E-state index is 12.0. The Morgan fingerprint density at radius 1 is 1.41 bits per heavy atom. The summed E-state index contributed by atoms with van der Waals surface area (Å²) in [6.45, 7) is -1.49. The van der Waals surface area contributed by atoms with E-state index in [-0.39, 0.29) is 17.8 Å². The molecular weight excluding hydrogens is 234 g/mol. The van der Waals surface area contributed by atoms with Crippen LogP contribution in [-0.2, 0) is 0 Å². The molecule has 0 saturated carbocycles. The molecule has 0 atom stereocenters. The predicted molar refractivity (Wildman–Crippen MR) is 54.7 cm³/mol. The van der Waals surface area contributed by atoms with Crippen LogP contribution in [0.1, 0.15) is 34.1 Å². The third kappa shape index (κ3) is 3.24. The van der Waals surface area contributed by atoms with E-state index in [1.807, 2.05) is 0 Å². The summed E-state index contributed by atoms with van der Waals surface area (Å²) in [4.78, 5) is 22.2. The van der Waals surface area contributed by atoms with Gasteiger partial charge in [0, 0.05) is 12.0 Å². The average Bonchev–Trinajstić information content (AvgIpc) is 2.27. The summed E-state index contributed by atoms with van der Waals surface area (Å²) >= 11 is 0. The normalized spacial score (nSPS) is 10.4. The molecule has 1 aromatic rings. The zero-order chi connectivity index (χ0) is 13.0. The van der Waals surface area contributed by atoms with Crippen LogP contribution in [0.3, 0.4) is 0 Å². The van der Waals surface area contributed by atoms with Gasteiger partial charge in [0.15, 0.2) is 5.78 Å². The number of alkyl halides is 2. The number of hydrogen-bond acceptors (Lipinski definition) is 3. The van der Waals surface area contributed by atoms with E-state index in [9.17, 15) is 18.4 Å². The van der Waals surface area contributed by atoms with Gasteiger partial charge in [-0.15, -0.1) is 0 Å². The molecule has 6 heteroatoms. The first-order valence-corrected chi connectivity index (χ1v) is 4.81. The highest BCUT2D eigenvalue weighted by Crippen LogP contribution is 2.22. The molecule has 0 amide bonds. The number of benzene rings is 1. The Labute approximate surface area is 95.8 Å². The lowest BCUT2D eigenvalue weighted by Gasteiger charge is -2.09. The van der Waals surface area contributed by atoms with Crippen molar-refractivity contribution in [1.29, 1.82) is 0 Å². The highest BCUT2D eigenvalue weighted by Gasteiger charge is 2.17. The standard InChI is InChI=1S/C11H10F2O4/c1-2-8(14)6-3-4-9(17-11(12)13)7(5-6)10(15)16/h3-5,11H,2H2,1H3,(H,15,16). The largest absolute Gasteiger partial charge is 0.478 e. The van der Waals surface area contributed by atoms with E-state index in [1.165, 1.54) is 6.07 Å². The number of ketones is 1. The summed E-state index contributed by atoms with van der Waals surface area (Å²) in [5.41, 5.74) is -0.295. The zero-order valence-electron chi connectivity index (χ0n) is 8.94. The minimum Gasteiger partial charge on any atom is -0.478 e. The average molecular weight is 244 g/mol. The second-order valence-electron chi connectivity index (χ2n) is 3.17. The quantitative estimate of drug-likeness (QED) is 0.808. The molecule has 92 valence electrons. The van der Waals surface area contributed by atoms with Crippen molar-refractivity contribution in [2.75, 3.05) is 0 Å². The summed E-state index contributed by atoms with van der Waals surface area (Å²) in [5, 5.41) is 8.82. The van der Waals surface area contributed by atoms with Gasteiger partial charge in [-0.25, -0.2) is 4.79 Å². The van der Waals surface area contributed by atoms with Gasteiger partial charge in [0.1, 0.15) is 11.3 Å². The highest BCUT2D eigenvalue weighted by atomic mass is 19.3. The molecule has 0 spiro atoms. The zero-order valence-corrected chi connectivity index (χ0v) is 8.94. The molecule has 4 nitrogen and oxygen atoms in total. The number of Topliss-reactive ketones (excluding diaryl/α,β-unsaturated/α-hetero) is 1. The number of halogens is 2. The molecule has 17 heavy (non-hydrogen) atoms. The van der Waals surface area contributed by atoms with Crippen LogP contribution in [0.2, 0.25) is 0 Å². The lowest BCUT2D eigenvalue weighted by molar-refractivity contribution is -0.0503. The Morgan fingerprint density at radius 3 is 2.53 bits per heavy atom. The summed E-state index contributed by atoms with van der Waals surface area (Å²) < 4.78 is 28.1. The number of carboxylic acid groups (broad SMARTS) is 1. The van der Waals surface area contributed by atoms with Crippen molar-refractivity contribution in [3.63, 3.8) is 0 Å². The fourth-order valence-corrected chi connectivity index (χ4v) is 1.27. The minimum absolute atomic E-state index is 0.159. The van der Waals surface area contributed by atoms with Gasteiger partial charge in [-0.05, 0) is 18.2 Å². The number of carboxylic acids is 1. The molecule has 0 unspecified atom stereocenters. The Morgan fingerprint density at radius 2 is 2.06 bits per heavy atom. The second-order valence-corrected chi connectivity index (χ2v) is 3.17. The Bertz CT molecular complexity index is 443. The molecule has 0 aliphatic rings. The van der Waals surface area contributed by atoms with Gasteiger partial charge in [0.2, 0.25) is 0 Å². The smallest absolute Gasteiger partial charge is 0.387 e. The van der Waals surface area contributed by atoms with E-state index in [4.69, 9.17) is 5.11 Å². The maximum Gasteiger partial charge on any atom is 0.387 e. The Kier molecular flexibility index (Phi) is 4.14.